The molecule has 6 heterocycles. The van der Waals surface area contributed by atoms with Crippen molar-refractivity contribution < 1.29 is 56.5 Å². The van der Waals surface area contributed by atoms with Crippen LogP contribution < -0.4 is 21.3 Å². The number of ketones is 1. The predicted molar refractivity (Wildman–Crippen MR) is 253 cm³/mol. The first-order chi connectivity index (χ1) is 34.2. The summed E-state index contributed by atoms with van der Waals surface area (Å²) in [6.07, 6.45) is -3.60. The minimum atomic E-state index is -4.86. The van der Waals surface area contributed by atoms with Gasteiger partial charge in [0.25, 0.3) is 11.5 Å². The fraction of sp³-hybridized carbons (Fsp3) is 0.451. The Morgan fingerprint density at radius 2 is 1.64 bits per heavy atom. The molecule has 10 rings (SSSR count). The van der Waals surface area contributed by atoms with Gasteiger partial charge in [0.05, 0.1) is 51.5 Å². The van der Waals surface area contributed by atoms with Crippen LogP contribution in [0.25, 0.3) is 28.0 Å². The molecule has 3 aromatic heterocycles. The average molecular weight is 995 g/mol. The third kappa shape index (κ3) is 8.39. The zero-order valence-corrected chi connectivity index (χ0v) is 40.1. The first kappa shape index (κ1) is 48.3. The summed E-state index contributed by atoms with van der Waals surface area (Å²) in [6.45, 7) is 8.06. The van der Waals surface area contributed by atoms with E-state index < -0.39 is 64.4 Å². The monoisotopic (exact) mass is 994 g/mol. The van der Waals surface area contributed by atoms with E-state index in [-0.39, 0.29) is 98.3 Å². The number of hydrogen-bond acceptors (Lipinski definition) is 13. The molecule has 0 radical (unpaired) electrons. The van der Waals surface area contributed by atoms with E-state index in [0.717, 1.165) is 21.2 Å². The largest absolute Gasteiger partial charge is 0.458 e. The number of esters is 1. The number of pyridine rings is 2. The van der Waals surface area contributed by atoms with Crippen LogP contribution in [0, 0.1) is 5.41 Å². The summed E-state index contributed by atoms with van der Waals surface area (Å²) >= 11 is 0. The van der Waals surface area contributed by atoms with Gasteiger partial charge in [-0.05, 0) is 98.4 Å². The molecule has 2 aliphatic carbocycles. The number of aromatic nitrogens is 4. The molecule has 5 aromatic rings. The van der Waals surface area contributed by atoms with Crippen molar-refractivity contribution in [3.63, 3.8) is 0 Å². The molecule has 3 amide bonds. The van der Waals surface area contributed by atoms with E-state index in [1.54, 1.807) is 35.8 Å². The van der Waals surface area contributed by atoms with Crippen LogP contribution in [-0.4, -0.2) is 102 Å². The molecule has 3 aliphatic heterocycles. The Morgan fingerprint density at radius 1 is 0.931 bits per heavy atom. The quantitative estimate of drug-likeness (QED) is 0.134. The first-order valence-corrected chi connectivity index (χ1v) is 24.2. The number of carbonyl (C=O) groups is 5. The lowest BCUT2D eigenvalue weighted by atomic mass is 9.75. The number of nitrogens with one attached hydrogen (secondary N) is 1. The fourth-order valence-corrected chi connectivity index (χ4v) is 11.0. The maximum absolute atomic E-state index is 14.2. The van der Waals surface area contributed by atoms with Crippen molar-refractivity contribution in [1.82, 2.24) is 29.1 Å². The van der Waals surface area contributed by atoms with E-state index >= 15 is 0 Å². The van der Waals surface area contributed by atoms with Crippen LogP contribution in [0.15, 0.2) is 47.3 Å². The van der Waals surface area contributed by atoms with Crippen LogP contribution in [0.1, 0.15) is 121 Å². The molecule has 18 nitrogen and oxygen atoms in total. The number of ether oxygens (including phenoxy) is 3. The van der Waals surface area contributed by atoms with Gasteiger partial charge in [-0.3, -0.25) is 14.4 Å². The maximum atomic E-state index is 14.2. The molecule has 4 N–H and O–H groups in total. The molecule has 1 atom stereocenters. The highest BCUT2D eigenvalue weighted by atomic mass is 19.4. The number of halogens is 3. The highest BCUT2D eigenvalue weighted by molar-refractivity contribution is 6.01. The molecule has 1 saturated carbocycles. The number of anilines is 1. The minimum Gasteiger partial charge on any atom is -0.458 e. The van der Waals surface area contributed by atoms with E-state index in [2.05, 4.69) is 10.4 Å². The number of nitrogens with two attached hydrogens (primary N) is 1. The van der Waals surface area contributed by atoms with Crippen LogP contribution >= 0.6 is 0 Å². The van der Waals surface area contributed by atoms with Crippen molar-refractivity contribution in [3.8, 4) is 22.8 Å². The molecule has 72 heavy (non-hydrogen) atoms. The average Bonchev–Trinajstić information content (AvgIpc) is 3.91. The lowest BCUT2D eigenvalue weighted by Gasteiger charge is -2.35. The van der Waals surface area contributed by atoms with E-state index in [1.807, 2.05) is 20.8 Å². The summed E-state index contributed by atoms with van der Waals surface area (Å²) in [4.78, 5) is 86.7. The third-order valence-electron chi connectivity index (χ3n) is 14.8. The van der Waals surface area contributed by atoms with Gasteiger partial charge >= 0.3 is 24.3 Å². The SMILES string of the molecule is CCc1c2c(nc3ccc(OC(=O)N4CCN(C(=O)OC5CCC(Nc6cc(-n7nc(C(F)(F)F)c8c7CC(C)(C)CC8=O)ccc6C(N)=O)CC5)CC4)cc13)-c1cc3c(c(=O)n1C2)COC(=O)C3(O)CC. The maximum Gasteiger partial charge on any atom is 0.435 e. The number of carbonyl (C=O) groups excluding carboxylic acids is 5. The molecule has 0 spiro atoms. The Balaban J connectivity index is 0.749. The molecule has 1 saturated heterocycles. The highest BCUT2D eigenvalue weighted by Gasteiger charge is 2.47. The number of Topliss-reactive ketones (excluding diaryl/α,β-unsaturated/α-hetero) is 1. The molecule has 2 fully saturated rings. The smallest absolute Gasteiger partial charge is 0.435 e. The standard InChI is InChI=1S/C51H53F3N8O10/c1-5-30-32-20-29(12-14-36(32)57-42-33(30)24-61-38(42)21-35-34(45(61)65)25-70-46(66)50(35,69)6-2)72-48(68)60-17-15-59(16-18-60)47(67)71-28-10-7-26(8-11-28)56-37-19-27(9-13-31(37)44(55)64)62-39-22-49(3,4)23-40(63)41(39)43(58-62)51(52,53)54/h9,12-14,19-21,26,28,56,69H,5-8,10-11,15-18,22-25H2,1-4H3,(H2,55,64). The minimum absolute atomic E-state index is 0.0308. The second-order valence-corrected chi connectivity index (χ2v) is 20.0. The van der Waals surface area contributed by atoms with Crippen molar-refractivity contribution in [2.24, 2.45) is 11.1 Å². The predicted octanol–water partition coefficient (Wildman–Crippen LogP) is 6.78. The number of cyclic esters (lactones) is 1. The van der Waals surface area contributed by atoms with Gasteiger partial charge in [-0.1, -0.05) is 27.7 Å². The number of aryl methyl sites for hydroxylation is 1. The summed E-state index contributed by atoms with van der Waals surface area (Å²) in [6, 6.07) is 11.0. The number of nitrogens with zero attached hydrogens (tertiary/aromatic N) is 6. The lowest BCUT2D eigenvalue weighted by molar-refractivity contribution is -0.172. The van der Waals surface area contributed by atoms with E-state index in [1.165, 1.54) is 28.0 Å². The van der Waals surface area contributed by atoms with Gasteiger partial charge in [-0.25, -0.2) is 24.0 Å². The molecule has 378 valence electrons. The molecular weight excluding hydrogens is 942 g/mol. The molecule has 0 bridgehead atoms. The number of amides is 3. The van der Waals surface area contributed by atoms with Crippen LogP contribution in [0.3, 0.4) is 0 Å². The summed E-state index contributed by atoms with van der Waals surface area (Å²) < 4.78 is 62.1. The Bertz CT molecular complexity index is 3190. The van der Waals surface area contributed by atoms with Gasteiger partial charge in [-0.2, -0.15) is 18.3 Å². The number of rotatable bonds is 8. The van der Waals surface area contributed by atoms with Crippen LogP contribution in [-0.2, 0) is 52.0 Å². The lowest BCUT2D eigenvalue weighted by Crippen LogP contribution is -2.52. The Labute approximate surface area is 410 Å². The Morgan fingerprint density at radius 3 is 2.31 bits per heavy atom. The van der Waals surface area contributed by atoms with Gasteiger partial charge in [-0.15, -0.1) is 0 Å². The number of alkyl halides is 3. The Hall–Kier alpha value is -7.29. The molecule has 5 aliphatic rings. The summed E-state index contributed by atoms with van der Waals surface area (Å²) in [5.41, 5.74) is 5.84. The van der Waals surface area contributed by atoms with Crippen molar-refractivity contribution in [3.05, 3.63) is 97.6 Å². The van der Waals surface area contributed by atoms with Gasteiger partial charge in [0.1, 0.15) is 18.5 Å². The molecule has 2 aromatic carbocycles. The second kappa shape index (κ2) is 17.8. The van der Waals surface area contributed by atoms with Crippen LogP contribution in [0.5, 0.6) is 5.75 Å². The second-order valence-electron chi connectivity index (χ2n) is 20.0. The number of hydrogen-bond donors (Lipinski definition) is 3. The van der Waals surface area contributed by atoms with E-state index in [4.69, 9.17) is 24.9 Å². The topological polar surface area (TPSA) is 231 Å². The van der Waals surface area contributed by atoms with Gasteiger partial charge < -0.3 is 44.7 Å². The number of piperazine rings is 1. The third-order valence-corrected chi connectivity index (χ3v) is 14.8. The van der Waals surface area contributed by atoms with Crippen molar-refractivity contribution in [2.75, 3.05) is 31.5 Å². The van der Waals surface area contributed by atoms with Crippen LogP contribution in [0.4, 0.5) is 28.4 Å². The van der Waals surface area contributed by atoms with E-state index in [0.29, 0.717) is 60.4 Å². The van der Waals surface area contributed by atoms with Gasteiger partial charge in [0.2, 0.25) is 0 Å². The number of fused-ring (bicyclic) bond motifs is 6. The Kier molecular flexibility index (Phi) is 11.9. The molecule has 21 heteroatoms. The summed E-state index contributed by atoms with van der Waals surface area (Å²) in [7, 11) is 0. The summed E-state index contributed by atoms with van der Waals surface area (Å²) in [5, 5.41) is 19.2. The number of benzene rings is 2. The van der Waals surface area contributed by atoms with E-state index in [9.17, 15) is 47.0 Å². The molecular formula is C51H53F3N8O10. The van der Waals surface area contributed by atoms with Crippen molar-refractivity contribution in [2.45, 2.75) is 116 Å². The fourth-order valence-electron chi connectivity index (χ4n) is 11.0. The zero-order chi connectivity index (χ0) is 51.2. The molecule has 1 unspecified atom stereocenters. The highest BCUT2D eigenvalue weighted by Crippen LogP contribution is 2.44. The number of primary amides is 1. The summed E-state index contributed by atoms with van der Waals surface area (Å²) in [5.74, 6) is -1.87. The van der Waals surface area contributed by atoms with Gasteiger partial charge in [0, 0.05) is 60.8 Å². The van der Waals surface area contributed by atoms with Crippen molar-refractivity contribution in [1.29, 1.82) is 0 Å². The number of aliphatic hydroxyl groups is 1. The van der Waals surface area contributed by atoms with Crippen LogP contribution in [0.2, 0.25) is 0 Å². The zero-order valence-electron chi connectivity index (χ0n) is 40.1. The normalized spacial score (nSPS) is 21.3. The van der Waals surface area contributed by atoms with Gasteiger partial charge in [0.15, 0.2) is 17.1 Å². The van der Waals surface area contributed by atoms with Crippen molar-refractivity contribution >= 4 is 46.4 Å². The first-order valence-electron chi connectivity index (χ1n) is 24.2.